The first-order valence-electron chi connectivity index (χ1n) is 8.05. The summed E-state index contributed by atoms with van der Waals surface area (Å²) in [6, 6.07) is 6.28. The van der Waals surface area contributed by atoms with E-state index < -0.39 is 0 Å². The minimum absolute atomic E-state index is 0.319. The van der Waals surface area contributed by atoms with Gasteiger partial charge in [0.05, 0.1) is 12.8 Å². The molecule has 2 aliphatic rings. The summed E-state index contributed by atoms with van der Waals surface area (Å²) in [5, 5.41) is 0. The fourth-order valence-electron chi connectivity index (χ4n) is 2.93. The van der Waals surface area contributed by atoms with Crippen molar-refractivity contribution < 1.29 is 9.13 Å². The Balaban J connectivity index is 1.63. The summed E-state index contributed by atoms with van der Waals surface area (Å²) in [4.78, 5) is 10.7. The molecule has 4 rings (SSSR count). The summed E-state index contributed by atoms with van der Waals surface area (Å²) in [7, 11) is 1.57. The van der Waals surface area contributed by atoms with Gasteiger partial charge in [-0.25, -0.2) is 14.4 Å². The van der Waals surface area contributed by atoms with Crippen LogP contribution in [0.25, 0.3) is 11.3 Å². The van der Waals surface area contributed by atoms with E-state index in [0.29, 0.717) is 17.0 Å². The summed E-state index contributed by atoms with van der Waals surface area (Å²) in [5.41, 5.74) is 2.69. The summed E-state index contributed by atoms with van der Waals surface area (Å²) in [6.45, 7) is 0.791. The average Bonchev–Trinajstić information content (AvgIpc) is 3.47. The van der Waals surface area contributed by atoms with Crippen LogP contribution >= 0.6 is 0 Å². The standard InChI is InChI=1S/C19H18FN3O/c1-24-18-5-4-15(20)10-16(18)17-11-19(22-12-21-17)23-8-6-14(7-9-23)13-2-3-13/h4-8,10-13H,2-3,9H2,1H3. The van der Waals surface area contributed by atoms with Crippen LogP contribution in [0.1, 0.15) is 12.8 Å². The molecule has 2 heterocycles. The Morgan fingerprint density at radius 1 is 1.21 bits per heavy atom. The molecule has 122 valence electrons. The van der Waals surface area contributed by atoms with Crippen molar-refractivity contribution in [2.24, 2.45) is 5.92 Å². The quantitative estimate of drug-likeness (QED) is 0.853. The van der Waals surface area contributed by atoms with E-state index in [1.165, 1.54) is 36.9 Å². The zero-order chi connectivity index (χ0) is 16.5. The topological polar surface area (TPSA) is 38.2 Å². The minimum atomic E-state index is -0.319. The minimum Gasteiger partial charge on any atom is -0.496 e. The molecule has 0 unspecified atom stereocenters. The fourth-order valence-corrected chi connectivity index (χ4v) is 2.93. The maximum atomic E-state index is 13.6. The van der Waals surface area contributed by atoms with Crippen molar-refractivity contribution in [3.8, 4) is 17.0 Å². The van der Waals surface area contributed by atoms with Gasteiger partial charge in [-0.2, -0.15) is 0 Å². The first kappa shape index (κ1) is 14.9. The lowest BCUT2D eigenvalue weighted by Crippen LogP contribution is -2.20. The van der Waals surface area contributed by atoms with Crippen molar-refractivity contribution >= 4 is 5.82 Å². The molecule has 1 aromatic heterocycles. The Hall–Kier alpha value is -2.69. The number of methoxy groups -OCH3 is 1. The fraction of sp³-hybridized carbons (Fsp3) is 0.263. The van der Waals surface area contributed by atoms with Crippen LogP contribution in [0.5, 0.6) is 5.75 Å². The molecule has 5 heteroatoms. The number of benzene rings is 1. The predicted octanol–water partition coefficient (Wildman–Crippen LogP) is 3.96. The number of aromatic nitrogens is 2. The number of hydrogen-bond acceptors (Lipinski definition) is 4. The lowest BCUT2D eigenvalue weighted by molar-refractivity contribution is 0.415. The molecule has 0 amide bonds. The summed E-state index contributed by atoms with van der Waals surface area (Å²) >= 11 is 0. The molecular formula is C19H18FN3O. The van der Waals surface area contributed by atoms with E-state index in [1.54, 1.807) is 13.2 Å². The number of rotatable bonds is 4. The normalized spacial score (nSPS) is 16.9. The zero-order valence-electron chi connectivity index (χ0n) is 13.4. The van der Waals surface area contributed by atoms with Crippen molar-refractivity contribution in [2.75, 3.05) is 18.6 Å². The van der Waals surface area contributed by atoms with Crippen LogP contribution in [-0.4, -0.2) is 23.6 Å². The van der Waals surface area contributed by atoms with E-state index in [4.69, 9.17) is 4.74 Å². The van der Waals surface area contributed by atoms with Gasteiger partial charge < -0.3 is 9.64 Å². The van der Waals surface area contributed by atoms with Gasteiger partial charge in [-0.1, -0.05) is 6.08 Å². The molecule has 0 spiro atoms. The van der Waals surface area contributed by atoms with Crippen LogP contribution in [0.15, 0.2) is 54.5 Å². The van der Waals surface area contributed by atoms with E-state index in [1.807, 2.05) is 6.07 Å². The van der Waals surface area contributed by atoms with E-state index in [2.05, 4.69) is 33.2 Å². The van der Waals surface area contributed by atoms with Crippen molar-refractivity contribution in [3.63, 3.8) is 0 Å². The van der Waals surface area contributed by atoms with Crippen molar-refractivity contribution in [1.82, 2.24) is 9.97 Å². The Labute approximate surface area is 140 Å². The molecule has 0 bridgehead atoms. The van der Waals surface area contributed by atoms with Gasteiger partial charge in [-0.05, 0) is 48.6 Å². The van der Waals surface area contributed by atoms with Crippen LogP contribution in [0, 0.1) is 11.7 Å². The van der Waals surface area contributed by atoms with Crippen LogP contribution < -0.4 is 9.64 Å². The SMILES string of the molecule is COc1ccc(F)cc1-c1cc(N2C=CC(C3CC3)=CC2)ncn1. The number of allylic oxidation sites excluding steroid dienone is 2. The molecule has 24 heavy (non-hydrogen) atoms. The molecule has 0 atom stereocenters. The number of anilines is 1. The van der Waals surface area contributed by atoms with Gasteiger partial charge in [0.15, 0.2) is 0 Å². The van der Waals surface area contributed by atoms with Gasteiger partial charge in [-0.15, -0.1) is 0 Å². The summed E-state index contributed by atoms with van der Waals surface area (Å²) in [5.74, 6) is 1.81. The van der Waals surface area contributed by atoms with Crippen LogP contribution in [0.2, 0.25) is 0 Å². The van der Waals surface area contributed by atoms with Gasteiger partial charge in [0.1, 0.15) is 23.7 Å². The van der Waals surface area contributed by atoms with E-state index in [0.717, 1.165) is 18.3 Å². The Bertz CT molecular complexity index is 827. The smallest absolute Gasteiger partial charge is 0.136 e. The predicted molar refractivity (Wildman–Crippen MR) is 91.3 cm³/mol. The van der Waals surface area contributed by atoms with Crippen LogP contribution in [0.4, 0.5) is 10.2 Å². The highest BCUT2D eigenvalue weighted by Gasteiger charge is 2.25. The molecule has 0 radical (unpaired) electrons. The van der Waals surface area contributed by atoms with E-state index >= 15 is 0 Å². The molecule has 1 aliphatic heterocycles. The molecule has 4 nitrogen and oxygen atoms in total. The molecular weight excluding hydrogens is 305 g/mol. The lowest BCUT2D eigenvalue weighted by atomic mass is 10.1. The van der Waals surface area contributed by atoms with Gasteiger partial charge in [0.25, 0.3) is 0 Å². The third kappa shape index (κ3) is 2.89. The van der Waals surface area contributed by atoms with Gasteiger partial charge in [-0.3, -0.25) is 0 Å². The highest BCUT2D eigenvalue weighted by atomic mass is 19.1. The van der Waals surface area contributed by atoms with Crippen molar-refractivity contribution in [1.29, 1.82) is 0 Å². The van der Waals surface area contributed by atoms with Crippen molar-refractivity contribution in [3.05, 3.63) is 60.3 Å². The van der Waals surface area contributed by atoms with Gasteiger partial charge in [0, 0.05) is 24.4 Å². The average molecular weight is 323 g/mol. The zero-order valence-corrected chi connectivity index (χ0v) is 13.4. The first-order chi connectivity index (χ1) is 11.7. The summed E-state index contributed by atoms with van der Waals surface area (Å²) in [6.07, 6.45) is 10.6. The maximum Gasteiger partial charge on any atom is 0.136 e. The Morgan fingerprint density at radius 2 is 2.08 bits per heavy atom. The van der Waals surface area contributed by atoms with Gasteiger partial charge in [0.2, 0.25) is 0 Å². The Morgan fingerprint density at radius 3 is 2.79 bits per heavy atom. The van der Waals surface area contributed by atoms with Crippen LogP contribution in [0.3, 0.4) is 0 Å². The Kier molecular flexibility index (Phi) is 3.76. The third-order valence-electron chi connectivity index (χ3n) is 4.40. The molecule has 1 fully saturated rings. The first-order valence-corrected chi connectivity index (χ1v) is 8.05. The molecule has 1 saturated carbocycles. The molecule has 0 saturated heterocycles. The number of nitrogens with zero attached hydrogens (tertiary/aromatic N) is 3. The number of hydrogen-bond donors (Lipinski definition) is 0. The maximum absolute atomic E-state index is 13.6. The summed E-state index contributed by atoms with van der Waals surface area (Å²) < 4.78 is 18.9. The molecule has 2 aromatic rings. The van der Waals surface area contributed by atoms with Crippen molar-refractivity contribution in [2.45, 2.75) is 12.8 Å². The van der Waals surface area contributed by atoms with Crippen LogP contribution in [-0.2, 0) is 0 Å². The number of halogens is 1. The van der Waals surface area contributed by atoms with E-state index in [-0.39, 0.29) is 5.82 Å². The lowest BCUT2D eigenvalue weighted by Gasteiger charge is -2.22. The second kappa shape index (κ2) is 6.07. The van der Waals surface area contributed by atoms with E-state index in [9.17, 15) is 4.39 Å². The third-order valence-corrected chi connectivity index (χ3v) is 4.40. The largest absolute Gasteiger partial charge is 0.496 e. The molecule has 1 aromatic carbocycles. The highest BCUT2D eigenvalue weighted by Crippen LogP contribution is 2.38. The monoisotopic (exact) mass is 323 g/mol. The molecule has 0 N–H and O–H groups in total. The van der Waals surface area contributed by atoms with Gasteiger partial charge >= 0.3 is 0 Å². The molecule has 1 aliphatic carbocycles. The highest BCUT2D eigenvalue weighted by molar-refractivity contribution is 5.69. The second-order valence-corrected chi connectivity index (χ2v) is 6.05. The second-order valence-electron chi connectivity index (χ2n) is 6.05. The number of ether oxygens (including phenoxy) is 1.